The minimum absolute atomic E-state index is 0.0639. The molecule has 0 aromatic carbocycles. The van der Waals surface area contributed by atoms with Gasteiger partial charge in [0.05, 0.1) is 20.2 Å². The number of methoxy groups -OCH3 is 1. The molecule has 0 spiro atoms. The molecule has 0 radical (unpaired) electrons. The molecule has 0 saturated heterocycles. The fourth-order valence-corrected chi connectivity index (χ4v) is 1.11. The van der Waals surface area contributed by atoms with Crippen LogP contribution in [0.1, 0.15) is 5.82 Å². The third-order valence-electron chi connectivity index (χ3n) is 1.75. The van der Waals surface area contributed by atoms with Gasteiger partial charge in [0.2, 0.25) is 11.9 Å². The molecule has 0 fully saturated rings. The van der Waals surface area contributed by atoms with Gasteiger partial charge in [-0.1, -0.05) is 0 Å². The summed E-state index contributed by atoms with van der Waals surface area (Å²) in [6.07, 6.45) is 0. The number of nitrogen functional groups attached to an aromatic ring is 2. The summed E-state index contributed by atoms with van der Waals surface area (Å²) in [6, 6.07) is 0. The zero-order valence-corrected chi connectivity index (χ0v) is 9.17. The van der Waals surface area contributed by atoms with Gasteiger partial charge in [0.25, 0.3) is 0 Å². The molecule has 0 aliphatic heterocycles. The molecular weight excluding hydrogens is 212 g/mol. The number of anilines is 2. The predicted octanol–water partition coefficient (Wildman–Crippen LogP) is -1.36. The molecule has 1 aromatic heterocycles. The number of rotatable bonds is 4. The summed E-state index contributed by atoms with van der Waals surface area (Å²) in [5.74, 6) is 0.205. The van der Waals surface area contributed by atoms with E-state index in [9.17, 15) is 4.79 Å². The van der Waals surface area contributed by atoms with E-state index in [0.29, 0.717) is 12.4 Å². The topological polar surface area (TPSA) is 120 Å². The second-order valence-electron chi connectivity index (χ2n) is 3.22. The Morgan fingerprint density at radius 1 is 1.31 bits per heavy atom. The second kappa shape index (κ2) is 5.21. The van der Waals surface area contributed by atoms with E-state index in [0.717, 1.165) is 0 Å². The smallest absolute Gasteiger partial charge is 0.319 e. The number of aromatic nitrogens is 3. The van der Waals surface area contributed by atoms with E-state index in [1.807, 2.05) is 0 Å². The summed E-state index contributed by atoms with van der Waals surface area (Å²) in [7, 11) is 3.06. The molecule has 0 aliphatic rings. The molecule has 0 aliphatic carbocycles. The number of hydrogen-bond donors (Lipinski definition) is 2. The zero-order chi connectivity index (χ0) is 12.1. The molecule has 0 amide bonds. The quantitative estimate of drug-likeness (QED) is 0.604. The molecule has 1 rings (SSSR count). The van der Waals surface area contributed by atoms with Crippen molar-refractivity contribution in [2.75, 3.05) is 32.2 Å². The summed E-state index contributed by atoms with van der Waals surface area (Å²) in [6.45, 7) is 0.480. The summed E-state index contributed by atoms with van der Waals surface area (Å²) in [5, 5.41) is 0. The van der Waals surface area contributed by atoms with E-state index in [4.69, 9.17) is 11.5 Å². The molecule has 8 nitrogen and oxygen atoms in total. The average Bonchev–Trinajstić information content (AvgIpc) is 2.15. The molecule has 4 N–H and O–H groups in total. The summed E-state index contributed by atoms with van der Waals surface area (Å²) in [4.78, 5) is 24.1. The lowest BCUT2D eigenvalue weighted by Gasteiger charge is -2.13. The average molecular weight is 226 g/mol. The van der Waals surface area contributed by atoms with Crippen molar-refractivity contribution in [1.29, 1.82) is 0 Å². The van der Waals surface area contributed by atoms with Crippen LogP contribution in [0.4, 0.5) is 11.9 Å². The van der Waals surface area contributed by atoms with Crippen molar-refractivity contribution in [3.05, 3.63) is 5.82 Å². The van der Waals surface area contributed by atoms with Crippen LogP contribution in [0.25, 0.3) is 0 Å². The third-order valence-corrected chi connectivity index (χ3v) is 1.75. The summed E-state index contributed by atoms with van der Waals surface area (Å²) in [5.41, 5.74) is 10.8. The van der Waals surface area contributed by atoms with Crippen molar-refractivity contribution in [3.63, 3.8) is 0 Å². The Bertz CT molecular complexity index is 363. The van der Waals surface area contributed by atoms with Crippen LogP contribution < -0.4 is 11.5 Å². The van der Waals surface area contributed by atoms with Crippen LogP contribution in [0.2, 0.25) is 0 Å². The van der Waals surface area contributed by atoms with Crippen LogP contribution in [0.5, 0.6) is 0 Å². The second-order valence-corrected chi connectivity index (χ2v) is 3.22. The molecule has 0 atom stereocenters. The van der Waals surface area contributed by atoms with Crippen molar-refractivity contribution in [2.24, 2.45) is 0 Å². The lowest BCUT2D eigenvalue weighted by atomic mass is 10.5. The van der Waals surface area contributed by atoms with Crippen molar-refractivity contribution in [1.82, 2.24) is 19.9 Å². The number of esters is 1. The first-order valence-electron chi connectivity index (χ1n) is 4.52. The minimum Gasteiger partial charge on any atom is -0.468 e. The maximum absolute atomic E-state index is 11.0. The van der Waals surface area contributed by atoms with E-state index < -0.39 is 0 Å². The molecule has 1 aromatic rings. The summed E-state index contributed by atoms with van der Waals surface area (Å²) < 4.78 is 4.52. The Morgan fingerprint density at radius 2 is 1.88 bits per heavy atom. The highest BCUT2D eigenvalue weighted by molar-refractivity contribution is 5.71. The SMILES string of the molecule is COC(=O)CN(C)Cc1nc(N)nc(N)n1. The van der Waals surface area contributed by atoms with E-state index in [1.54, 1.807) is 11.9 Å². The Labute approximate surface area is 92.6 Å². The number of hydrogen-bond acceptors (Lipinski definition) is 8. The first-order valence-corrected chi connectivity index (χ1v) is 4.52. The molecule has 0 saturated carbocycles. The van der Waals surface area contributed by atoms with Gasteiger partial charge in [0, 0.05) is 0 Å². The van der Waals surface area contributed by atoms with Crippen molar-refractivity contribution < 1.29 is 9.53 Å². The number of ether oxygens (including phenoxy) is 1. The lowest BCUT2D eigenvalue weighted by Crippen LogP contribution is -2.27. The van der Waals surface area contributed by atoms with Crippen LogP contribution in [0.3, 0.4) is 0 Å². The van der Waals surface area contributed by atoms with E-state index in [-0.39, 0.29) is 24.4 Å². The molecule has 8 heteroatoms. The highest BCUT2D eigenvalue weighted by Gasteiger charge is 2.09. The Morgan fingerprint density at radius 3 is 2.38 bits per heavy atom. The maximum atomic E-state index is 11.0. The Kier molecular flexibility index (Phi) is 3.95. The van der Waals surface area contributed by atoms with Crippen LogP contribution in [-0.4, -0.2) is 46.5 Å². The van der Waals surface area contributed by atoms with Gasteiger partial charge in [-0.25, -0.2) is 0 Å². The van der Waals surface area contributed by atoms with Crippen LogP contribution in [-0.2, 0) is 16.1 Å². The highest BCUT2D eigenvalue weighted by Crippen LogP contribution is 2.01. The monoisotopic (exact) mass is 226 g/mol. The van der Waals surface area contributed by atoms with Gasteiger partial charge < -0.3 is 16.2 Å². The van der Waals surface area contributed by atoms with Crippen LogP contribution >= 0.6 is 0 Å². The number of carbonyl (C=O) groups is 1. The molecule has 0 unspecified atom stereocenters. The molecule has 0 bridgehead atoms. The van der Waals surface area contributed by atoms with Crippen molar-refractivity contribution in [2.45, 2.75) is 6.54 Å². The van der Waals surface area contributed by atoms with Gasteiger partial charge >= 0.3 is 5.97 Å². The third kappa shape index (κ3) is 3.65. The van der Waals surface area contributed by atoms with Gasteiger partial charge in [-0.2, -0.15) is 15.0 Å². The Balaban J connectivity index is 2.62. The van der Waals surface area contributed by atoms with Gasteiger partial charge in [-0.15, -0.1) is 0 Å². The summed E-state index contributed by atoms with van der Waals surface area (Å²) >= 11 is 0. The van der Waals surface area contributed by atoms with E-state index >= 15 is 0 Å². The first kappa shape index (κ1) is 12.1. The largest absolute Gasteiger partial charge is 0.468 e. The van der Waals surface area contributed by atoms with Gasteiger partial charge in [-0.05, 0) is 7.05 Å². The molecular formula is C8H14N6O2. The predicted molar refractivity (Wildman–Crippen MR) is 57.0 cm³/mol. The maximum Gasteiger partial charge on any atom is 0.319 e. The number of carbonyl (C=O) groups excluding carboxylic acids is 1. The van der Waals surface area contributed by atoms with Crippen molar-refractivity contribution in [3.8, 4) is 0 Å². The van der Waals surface area contributed by atoms with Crippen LogP contribution in [0.15, 0.2) is 0 Å². The number of nitrogens with two attached hydrogens (primary N) is 2. The van der Waals surface area contributed by atoms with Gasteiger partial charge in [-0.3, -0.25) is 9.69 Å². The van der Waals surface area contributed by atoms with Crippen molar-refractivity contribution >= 4 is 17.9 Å². The molecule has 88 valence electrons. The lowest BCUT2D eigenvalue weighted by molar-refractivity contribution is -0.141. The Hall–Kier alpha value is -1.96. The zero-order valence-electron chi connectivity index (χ0n) is 9.17. The normalized spacial score (nSPS) is 10.4. The minimum atomic E-state index is -0.336. The van der Waals surface area contributed by atoms with Gasteiger partial charge in [0.1, 0.15) is 5.82 Å². The van der Waals surface area contributed by atoms with Gasteiger partial charge in [0.15, 0.2) is 0 Å². The van der Waals surface area contributed by atoms with Crippen LogP contribution in [0, 0.1) is 0 Å². The molecule has 16 heavy (non-hydrogen) atoms. The fraction of sp³-hybridized carbons (Fsp3) is 0.500. The molecule has 1 heterocycles. The van der Waals surface area contributed by atoms with E-state index in [1.165, 1.54) is 7.11 Å². The number of likely N-dealkylation sites (N-methyl/N-ethyl adjacent to an activating group) is 1. The van der Waals surface area contributed by atoms with E-state index in [2.05, 4.69) is 19.7 Å². The standard InChI is InChI=1S/C8H14N6O2/c1-14(4-6(15)16-2)3-5-11-7(9)13-8(10)12-5/h3-4H2,1-2H3,(H4,9,10,11,12,13). The highest BCUT2D eigenvalue weighted by atomic mass is 16.5. The fourth-order valence-electron chi connectivity index (χ4n) is 1.11. The number of nitrogens with zero attached hydrogens (tertiary/aromatic N) is 4. The first-order chi connectivity index (χ1) is 7.51.